The average Bonchev–Trinajstić information content (AvgIpc) is 2.96. The van der Waals surface area contributed by atoms with Gasteiger partial charge in [-0.25, -0.2) is 0 Å². The van der Waals surface area contributed by atoms with E-state index in [0.29, 0.717) is 13.0 Å². The Balaban J connectivity index is 0. The van der Waals surface area contributed by atoms with Gasteiger partial charge in [-0.2, -0.15) is 0 Å². The first-order valence-electron chi connectivity index (χ1n) is 15.7. The number of carbonyl (C=O) groups excluding carboxylic acids is 4. The Morgan fingerprint density at radius 1 is 0.525 bits per heavy atom. The molecule has 0 saturated carbocycles. The van der Waals surface area contributed by atoms with Gasteiger partial charge in [-0.15, -0.1) is 0 Å². The summed E-state index contributed by atoms with van der Waals surface area (Å²) < 4.78 is 19.6. The van der Waals surface area contributed by atoms with E-state index in [1.54, 1.807) is 20.8 Å². The molecule has 0 heterocycles. The number of carbonyl (C=O) groups is 4. The Bertz CT molecular complexity index is 639. The molecule has 0 rings (SSSR count). The Morgan fingerprint density at radius 3 is 1.43 bits per heavy atom. The largest absolute Gasteiger partial charge is 0.466 e. The van der Waals surface area contributed by atoms with E-state index in [1.165, 1.54) is 70.6 Å². The van der Waals surface area contributed by atoms with Crippen LogP contribution < -0.4 is 0 Å². The number of ether oxygens (including phenoxy) is 4. The van der Waals surface area contributed by atoms with Crippen LogP contribution in [0.25, 0.3) is 0 Å². The van der Waals surface area contributed by atoms with Crippen LogP contribution in [-0.2, 0) is 38.1 Å². The molecule has 0 aromatic rings. The van der Waals surface area contributed by atoms with Gasteiger partial charge in [0.05, 0.1) is 6.61 Å². The van der Waals surface area contributed by atoms with E-state index in [0.717, 1.165) is 12.8 Å². The molecule has 0 aliphatic heterocycles. The van der Waals surface area contributed by atoms with Gasteiger partial charge in [-0.05, 0) is 39.0 Å². The summed E-state index contributed by atoms with van der Waals surface area (Å²) in [5.41, 5.74) is 0. The third-order valence-corrected chi connectivity index (χ3v) is 5.97. The lowest BCUT2D eigenvalue weighted by atomic mass is 10.1. The molecule has 8 heteroatoms. The fourth-order valence-corrected chi connectivity index (χ4v) is 3.53. The molecule has 0 amide bonds. The zero-order valence-electron chi connectivity index (χ0n) is 26.1. The second kappa shape index (κ2) is 31.2. The number of rotatable bonds is 24. The summed E-state index contributed by atoms with van der Waals surface area (Å²) in [4.78, 5) is 44.3. The number of unbranched alkanes of at least 4 members (excludes halogenated alkanes) is 11. The molecule has 0 N–H and O–H groups in total. The minimum atomic E-state index is -0.747. The van der Waals surface area contributed by atoms with E-state index in [9.17, 15) is 19.2 Å². The van der Waals surface area contributed by atoms with Gasteiger partial charge in [0.25, 0.3) is 0 Å². The highest BCUT2D eigenvalue weighted by atomic mass is 16.6. The molecule has 0 bridgehead atoms. The van der Waals surface area contributed by atoms with Crippen LogP contribution in [0.5, 0.6) is 0 Å². The van der Waals surface area contributed by atoms with Gasteiger partial charge in [0.2, 0.25) is 0 Å². The topological polar surface area (TPSA) is 105 Å². The van der Waals surface area contributed by atoms with Crippen molar-refractivity contribution in [2.24, 2.45) is 0 Å². The molecule has 234 valence electrons. The molecule has 0 aliphatic rings. The Morgan fingerprint density at radius 2 is 0.975 bits per heavy atom. The smallest absolute Gasteiger partial charge is 0.306 e. The molecule has 0 spiro atoms. The average molecular weight is 571 g/mol. The summed E-state index contributed by atoms with van der Waals surface area (Å²) in [6, 6.07) is 0. The summed E-state index contributed by atoms with van der Waals surface area (Å²) in [6.07, 6.45) is 22.0. The van der Waals surface area contributed by atoms with E-state index in [2.05, 4.69) is 19.1 Å². The van der Waals surface area contributed by atoms with E-state index in [1.807, 2.05) is 6.92 Å². The first kappa shape index (κ1) is 39.8. The minimum Gasteiger partial charge on any atom is -0.466 e. The van der Waals surface area contributed by atoms with Gasteiger partial charge in [0.1, 0.15) is 13.2 Å². The van der Waals surface area contributed by atoms with Crippen LogP contribution in [0.4, 0.5) is 0 Å². The highest BCUT2D eigenvalue weighted by Gasteiger charge is 2.17. The van der Waals surface area contributed by atoms with Gasteiger partial charge >= 0.3 is 23.9 Å². The van der Waals surface area contributed by atoms with Crippen molar-refractivity contribution in [3.8, 4) is 0 Å². The molecule has 0 fully saturated rings. The number of allylic oxidation sites excluding steroid dienone is 2. The maximum Gasteiger partial charge on any atom is 0.306 e. The maximum atomic E-state index is 11.1. The van der Waals surface area contributed by atoms with Crippen molar-refractivity contribution in [2.45, 2.75) is 150 Å². The second-order valence-electron chi connectivity index (χ2n) is 9.68. The SMILES string of the molecule is CCC(=O)OCC(COC(=O)CC)OC(=O)CC.CCCCCCCC/C=C\CCCCCCCC(=O)OCC. The van der Waals surface area contributed by atoms with Crippen LogP contribution in [0.2, 0.25) is 0 Å². The van der Waals surface area contributed by atoms with E-state index in [4.69, 9.17) is 18.9 Å². The fraction of sp³-hybridized carbons (Fsp3) is 0.812. The lowest BCUT2D eigenvalue weighted by molar-refractivity contribution is -0.166. The van der Waals surface area contributed by atoms with E-state index >= 15 is 0 Å². The van der Waals surface area contributed by atoms with Crippen LogP contribution in [0, 0.1) is 0 Å². The molecule has 0 aromatic heterocycles. The monoisotopic (exact) mass is 570 g/mol. The van der Waals surface area contributed by atoms with Crippen molar-refractivity contribution in [3.05, 3.63) is 12.2 Å². The predicted octanol–water partition coefficient (Wildman–Crippen LogP) is 7.80. The predicted molar refractivity (Wildman–Crippen MR) is 159 cm³/mol. The van der Waals surface area contributed by atoms with Crippen LogP contribution in [-0.4, -0.2) is 49.8 Å². The molecule has 0 aliphatic carbocycles. The van der Waals surface area contributed by atoms with Crippen LogP contribution >= 0.6 is 0 Å². The molecule has 0 unspecified atom stereocenters. The van der Waals surface area contributed by atoms with Gasteiger partial charge in [0, 0.05) is 25.7 Å². The van der Waals surface area contributed by atoms with E-state index < -0.39 is 24.0 Å². The minimum absolute atomic E-state index is 0.0415. The molecule has 8 nitrogen and oxygen atoms in total. The van der Waals surface area contributed by atoms with Crippen molar-refractivity contribution in [3.63, 3.8) is 0 Å². The quantitative estimate of drug-likeness (QED) is 0.0501. The van der Waals surface area contributed by atoms with Gasteiger partial charge in [-0.1, -0.05) is 91.2 Å². The Labute approximate surface area is 243 Å². The first-order valence-corrected chi connectivity index (χ1v) is 15.7. The van der Waals surface area contributed by atoms with Gasteiger partial charge in [0.15, 0.2) is 6.10 Å². The molecule has 0 aromatic carbocycles. The highest BCUT2D eigenvalue weighted by Crippen LogP contribution is 2.10. The number of esters is 4. The van der Waals surface area contributed by atoms with Crippen molar-refractivity contribution >= 4 is 23.9 Å². The van der Waals surface area contributed by atoms with Crippen molar-refractivity contribution in [2.75, 3.05) is 19.8 Å². The molecule has 0 atom stereocenters. The third kappa shape index (κ3) is 30.2. The Hall–Kier alpha value is -2.38. The number of hydrogen-bond acceptors (Lipinski definition) is 8. The zero-order valence-corrected chi connectivity index (χ0v) is 26.1. The van der Waals surface area contributed by atoms with Crippen molar-refractivity contribution < 1.29 is 38.1 Å². The molecule has 0 saturated heterocycles. The highest BCUT2D eigenvalue weighted by molar-refractivity contribution is 5.70. The van der Waals surface area contributed by atoms with Crippen LogP contribution in [0.3, 0.4) is 0 Å². The molecular formula is C32H58O8. The van der Waals surface area contributed by atoms with Crippen molar-refractivity contribution in [1.29, 1.82) is 0 Å². The third-order valence-electron chi connectivity index (χ3n) is 5.97. The molecule has 40 heavy (non-hydrogen) atoms. The van der Waals surface area contributed by atoms with Crippen LogP contribution in [0.1, 0.15) is 144 Å². The fourth-order valence-electron chi connectivity index (χ4n) is 3.53. The first-order chi connectivity index (χ1) is 19.3. The van der Waals surface area contributed by atoms with Gasteiger partial charge in [-0.3, -0.25) is 19.2 Å². The lowest BCUT2D eigenvalue weighted by Crippen LogP contribution is -2.30. The summed E-state index contributed by atoms with van der Waals surface area (Å²) in [6.45, 7) is 9.39. The Kier molecular flexibility index (Phi) is 31.0. The second-order valence-corrected chi connectivity index (χ2v) is 9.68. The summed E-state index contributed by atoms with van der Waals surface area (Å²) in [5, 5.41) is 0. The summed E-state index contributed by atoms with van der Waals surface area (Å²) in [7, 11) is 0. The lowest BCUT2D eigenvalue weighted by Gasteiger charge is -2.17. The standard InChI is InChI=1S/C20H38O2.C12H20O6/c1-3-5-6-7-8-9-10-11-12-13-14-15-16-17-18-19-20(21)22-4-2;1-4-10(13)16-7-9(18-12(15)6-3)8-17-11(14)5-2/h11-12H,3-10,13-19H2,1-2H3;9H,4-8H2,1-3H3/b12-11-;. The molecular weight excluding hydrogens is 512 g/mol. The summed E-state index contributed by atoms with van der Waals surface area (Å²) in [5.74, 6) is -1.26. The summed E-state index contributed by atoms with van der Waals surface area (Å²) >= 11 is 0. The van der Waals surface area contributed by atoms with Crippen molar-refractivity contribution in [1.82, 2.24) is 0 Å². The van der Waals surface area contributed by atoms with Gasteiger partial charge < -0.3 is 18.9 Å². The normalized spacial score (nSPS) is 10.7. The number of hydrogen-bond donors (Lipinski definition) is 0. The zero-order chi connectivity index (χ0) is 30.3. The van der Waals surface area contributed by atoms with Crippen LogP contribution in [0.15, 0.2) is 12.2 Å². The molecule has 0 radical (unpaired) electrons. The maximum absolute atomic E-state index is 11.1. The van der Waals surface area contributed by atoms with E-state index in [-0.39, 0.29) is 38.4 Å².